The van der Waals surface area contributed by atoms with Gasteiger partial charge in [0.25, 0.3) is 0 Å². The van der Waals surface area contributed by atoms with Crippen LogP contribution in [0.25, 0.3) is 0 Å². The maximum atomic E-state index is 5.77. The number of nitrogens with one attached hydrogen (secondary N) is 1. The summed E-state index contributed by atoms with van der Waals surface area (Å²) in [6.07, 6.45) is 1.02. The van der Waals surface area contributed by atoms with E-state index in [-0.39, 0.29) is 0 Å². The van der Waals surface area contributed by atoms with Gasteiger partial charge in [-0.3, -0.25) is 0 Å². The van der Waals surface area contributed by atoms with Gasteiger partial charge >= 0.3 is 0 Å². The zero-order valence-corrected chi connectivity index (χ0v) is 14.3. The van der Waals surface area contributed by atoms with Crippen LogP contribution in [0.15, 0.2) is 16.6 Å². The Bertz CT molecular complexity index is 446. The fourth-order valence-corrected chi connectivity index (χ4v) is 3.25. The van der Waals surface area contributed by atoms with Crippen LogP contribution in [0.5, 0.6) is 5.75 Å². The van der Waals surface area contributed by atoms with Crippen LogP contribution >= 0.6 is 15.9 Å². The van der Waals surface area contributed by atoms with E-state index in [1.807, 2.05) is 0 Å². The molecule has 1 atom stereocenters. The van der Waals surface area contributed by atoms with Gasteiger partial charge in [0, 0.05) is 35.6 Å². The standard InChI is InChI=1S/C16H25BrN2O/c1-4-19(5-2)11-12(3)18-10-14-9-15(17)8-13-6-7-20-16(13)14/h8-9,12,18H,4-7,10-11H2,1-3H3. The molecule has 0 bridgehead atoms. The first-order valence-corrected chi connectivity index (χ1v) is 8.33. The third kappa shape index (κ3) is 3.96. The Morgan fingerprint density at radius 1 is 1.35 bits per heavy atom. The van der Waals surface area contributed by atoms with Crippen molar-refractivity contribution >= 4 is 15.9 Å². The molecule has 0 spiro atoms. The predicted octanol–water partition coefficient (Wildman–Crippen LogP) is 3.20. The Hall–Kier alpha value is -0.580. The van der Waals surface area contributed by atoms with Gasteiger partial charge < -0.3 is 15.0 Å². The van der Waals surface area contributed by atoms with Gasteiger partial charge in [-0.05, 0) is 37.7 Å². The SMILES string of the molecule is CCN(CC)CC(C)NCc1cc(Br)cc2c1OCC2. The lowest BCUT2D eigenvalue weighted by molar-refractivity contribution is 0.270. The van der Waals surface area contributed by atoms with Crippen LogP contribution in [-0.2, 0) is 13.0 Å². The minimum atomic E-state index is 0.478. The molecule has 0 saturated carbocycles. The summed E-state index contributed by atoms with van der Waals surface area (Å²) in [6, 6.07) is 4.82. The lowest BCUT2D eigenvalue weighted by Gasteiger charge is -2.23. The molecule has 0 aromatic heterocycles. The van der Waals surface area contributed by atoms with Gasteiger partial charge in [-0.15, -0.1) is 0 Å². The number of hydrogen-bond acceptors (Lipinski definition) is 3. The Morgan fingerprint density at radius 2 is 2.10 bits per heavy atom. The number of halogens is 1. The second-order valence-electron chi connectivity index (χ2n) is 5.42. The molecule has 0 saturated heterocycles. The Balaban J connectivity index is 1.94. The number of nitrogens with zero attached hydrogens (tertiary/aromatic N) is 1. The molecule has 1 aromatic rings. The van der Waals surface area contributed by atoms with Crippen LogP contribution in [0.4, 0.5) is 0 Å². The monoisotopic (exact) mass is 340 g/mol. The molecule has 3 nitrogen and oxygen atoms in total. The van der Waals surface area contributed by atoms with Crippen molar-refractivity contribution in [2.75, 3.05) is 26.2 Å². The van der Waals surface area contributed by atoms with Crippen LogP contribution in [0, 0.1) is 0 Å². The van der Waals surface area contributed by atoms with E-state index in [4.69, 9.17) is 4.74 Å². The number of rotatable bonds is 7. The summed E-state index contributed by atoms with van der Waals surface area (Å²) in [5.41, 5.74) is 2.59. The molecule has 1 heterocycles. The first-order chi connectivity index (χ1) is 9.63. The summed E-state index contributed by atoms with van der Waals surface area (Å²) in [4.78, 5) is 2.44. The molecule has 2 rings (SSSR count). The van der Waals surface area contributed by atoms with Crippen molar-refractivity contribution in [1.82, 2.24) is 10.2 Å². The maximum Gasteiger partial charge on any atom is 0.127 e. The lowest BCUT2D eigenvalue weighted by Crippen LogP contribution is -2.38. The zero-order valence-electron chi connectivity index (χ0n) is 12.7. The lowest BCUT2D eigenvalue weighted by atomic mass is 10.1. The van der Waals surface area contributed by atoms with Crippen molar-refractivity contribution in [2.24, 2.45) is 0 Å². The third-order valence-corrected chi connectivity index (χ3v) is 4.35. The molecular weight excluding hydrogens is 316 g/mol. The Labute approximate surface area is 130 Å². The number of benzene rings is 1. The summed E-state index contributed by atoms with van der Waals surface area (Å²) in [7, 11) is 0. The van der Waals surface area contributed by atoms with Crippen LogP contribution in [0.1, 0.15) is 31.9 Å². The molecule has 20 heavy (non-hydrogen) atoms. The van der Waals surface area contributed by atoms with E-state index < -0.39 is 0 Å². The summed E-state index contributed by atoms with van der Waals surface area (Å²) >= 11 is 3.59. The van der Waals surface area contributed by atoms with E-state index in [1.54, 1.807) is 0 Å². The highest BCUT2D eigenvalue weighted by Crippen LogP contribution is 2.32. The number of fused-ring (bicyclic) bond motifs is 1. The van der Waals surface area contributed by atoms with Crippen LogP contribution in [0.3, 0.4) is 0 Å². The Morgan fingerprint density at radius 3 is 2.80 bits per heavy atom. The normalized spacial score (nSPS) is 15.2. The Kier molecular flexibility index (Phi) is 5.87. The van der Waals surface area contributed by atoms with Crippen molar-refractivity contribution in [2.45, 2.75) is 39.8 Å². The van der Waals surface area contributed by atoms with E-state index in [9.17, 15) is 0 Å². The third-order valence-electron chi connectivity index (χ3n) is 3.89. The quantitative estimate of drug-likeness (QED) is 0.824. The summed E-state index contributed by atoms with van der Waals surface area (Å²) in [5.74, 6) is 1.09. The van der Waals surface area contributed by atoms with Crippen LogP contribution in [-0.4, -0.2) is 37.2 Å². The topological polar surface area (TPSA) is 24.5 Å². The van der Waals surface area contributed by atoms with Crippen LogP contribution < -0.4 is 10.1 Å². The smallest absolute Gasteiger partial charge is 0.127 e. The molecule has 0 fully saturated rings. The van der Waals surface area contributed by atoms with Crippen molar-refractivity contribution in [3.8, 4) is 5.75 Å². The van der Waals surface area contributed by atoms with Gasteiger partial charge in [0.15, 0.2) is 0 Å². The summed E-state index contributed by atoms with van der Waals surface area (Å²) < 4.78 is 6.92. The second kappa shape index (κ2) is 7.43. The van der Waals surface area contributed by atoms with Crippen LogP contribution in [0.2, 0.25) is 0 Å². The van der Waals surface area contributed by atoms with E-state index in [0.29, 0.717) is 6.04 Å². The van der Waals surface area contributed by atoms with Gasteiger partial charge in [-0.25, -0.2) is 0 Å². The largest absolute Gasteiger partial charge is 0.493 e. The van der Waals surface area contributed by atoms with Gasteiger partial charge in [-0.2, -0.15) is 0 Å². The summed E-state index contributed by atoms with van der Waals surface area (Å²) in [6.45, 7) is 11.7. The second-order valence-corrected chi connectivity index (χ2v) is 6.34. The highest BCUT2D eigenvalue weighted by atomic mass is 79.9. The fraction of sp³-hybridized carbons (Fsp3) is 0.625. The van der Waals surface area contributed by atoms with E-state index in [2.05, 4.69) is 59.1 Å². The van der Waals surface area contributed by atoms with Gasteiger partial charge in [-0.1, -0.05) is 29.8 Å². The molecule has 0 amide bonds. The van der Waals surface area contributed by atoms with Crippen molar-refractivity contribution in [1.29, 1.82) is 0 Å². The molecule has 1 aromatic carbocycles. The minimum Gasteiger partial charge on any atom is -0.493 e. The van der Waals surface area contributed by atoms with Gasteiger partial charge in [0.05, 0.1) is 6.61 Å². The molecular formula is C16H25BrN2O. The molecule has 1 unspecified atom stereocenters. The van der Waals surface area contributed by atoms with E-state index in [1.165, 1.54) is 11.1 Å². The van der Waals surface area contributed by atoms with Crippen molar-refractivity contribution in [3.63, 3.8) is 0 Å². The minimum absolute atomic E-state index is 0.478. The highest BCUT2D eigenvalue weighted by molar-refractivity contribution is 9.10. The van der Waals surface area contributed by atoms with Gasteiger partial charge in [0.2, 0.25) is 0 Å². The average Bonchev–Trinajstić information content (AvgIpc) is 2.90. The fourth-order valence-electron chi connectivity index (χ4n) is 2.70. The molecule has 0 aliphatic carbocycles. The average molecular weight is 341 g/mol. The molecule has 0 radical (unpaired) electrons. The number of hydrogen-bond donors (Lipinski definition) is 1. The van der Waals surface area contributed by atoms with E-state index in [0.717, 1.165) is 49.4 Å². The maximum absolute atomic E-state index is 5.77. The number of likely N-dealkylation sites (N-methyl/N-ethyl adjacent to an activating group) is 1. The first-order valence-electron chi connectivity index (χ1n) is 7.53. The summed E-state index contributed by atoms with van der Waals surface area (Å²) in [5, 5.41) is 3.61. The molecule has 1 aliphatic rings. The first kappa shape index (κ1) is 15.8. The predicted molar refractivity (Wildman–Crippen MR) is 87.4 cm³/mol. The zero-order chi connectivity index (χ0) is 14.5. The van der Waals surface area contributed by atoms with E-state index >= 15 is 0 Å². The molecule has 1 aliphatic heterocycles. The number of ether oxygens (including phenoxy) is 1. The molecule has 4 heteroatoms. The van der Waals surface area contributed by atoms with Crippen molar-refractivity contribution < 1.29 is 4.74 Å². The highest BCUT2D eigenvalue weighted by Gasteiger charge is 2.17. The van der Waals surface area contributed by atoms with Crippen molar-refractivity contribution in [3.05, 3.63) is 27.7 Å². The molecule has 112 valence electrons. The molecule has 1 N–H and O–H groups in total. The van der Waals surface area contributed by atoms with Gasteiger partial charge in [0.1, 0.15) is 5.75 Å².